The maximum atomic E-state index is 13.7. The van der Waals surface area contributed by atoms with E-state index in [0.29, 0.717) is 18.5 Å². The number of carbonyl (C=O) groups is 1. The van der Waals surface area contributed by atoms with Crippen LogP contribution in [0, 0.1) is 17.1 Å². The molecule has 0 aliphatic carbocycles. The molecule has 0 bridgehead atoms. The number of nitriles is 1. The van der Waals surface area contributed by atoms with Crippen molar-refractivity contribution in [2.24, 2.45) is 0 Å². The van der Waals surface area contributed by atoms with Crippen molar-refractivity contribution in [1.29, 1.82) is 5.26 Å². The number of likely N-dealkylation sites (tertiary alicyclic amines) is 1. The Labute approximate surface area is 93.1 Å². The van der Waals surface area contributed by atoms with Crippen LogP contribution in [0.3, 0.4) is 0 Å². The molecule has 1 fully saturated rings. The molecule has 1 aliphatic heterocycles. The average Bonchev–Trinajstić information content (AvgIpc) is 2.68. The normalized spacial score (nSPS) is 15.2. The van der Waals surface area contributed by atoms with Crippen molar-refractivity contribution in [3.05, 3.63) is 35.1 Å². The Balaban J connectivity index is 2.22. The Hall–Kier alpha value is -1.89. The number of amides is 1. The highest BCUT2D eigenvalue weighted by Crippen LogP contribution is 2.18. The Bertz CT molecular complexity index is 465. The fourth-order valence-corrected chi connectivity index (χ4v) is 1.87. The third-order valence-electron chi connectivity index (χ3n) is 2.73. The molecule has 3 nitrogen and oxygen atoms in total. The second-order valence-electron chi connectivity index (χ2n) is 3.81. The van der Waals surface area contributed by atoms with E-state index >= 15 is 0 Å². The van der Waals surface area contributed by atoms with Gasteiger partial charge in [0, 0.05) is 25.1 Å². The number of hydrogen-bond acceptors (Lipinski definition) is 2. The fourth-order valence-electron chi connectivity index (χ4n) is 1.87. The molecule has 0 spiro atoms. The number of hydrogen-bond donors (Lipinski definition) is 0. The first-order valence-corrected chi connectivity index (χ1v) is 5.17. The molecule has 1 amide bonds. The standard InChI is InChI=1S/C12H11FN2O/c13-12-9(7-14)3-1-4-10(12)8-15-6-2-5-11(15)16/h1,3-4H,2,5-6,8H2. The van der Waals surface area contributed by atoms with Gasteiger partial charge in [-0.3, -0.25) is 4.79 Å². The van der Waals surface area contributed by atoms with Crippen molar-refractivity contribution < 1.29 is 9.18 Å². The van der Waals surface area contributed by atoms with Gasteiger partial charge in [0.1, 0.15) is 11.9 Å². The lowest BCUT2D eigenvalue weighted by molar-refractivity contribution is -0.128. The van der Waals surface area contributed by atoms with Gasteiger partial charge in [0.15, 0.2) is 0 Å². The topological polar surface area (TPSA) is 44.1 Å². The third kappa shape index (κ3) is 1.89. The highest BCUT2D eigenvalue weighted by atomic mass is 19.1. The predicted octanol–water partition coefficient (Wildman–Crippen LogP) is 1.82. The molecule has 82 valence electrons. The quantitative estimate of drug-likeness (QED) is 0.760. The summed E-state index contributed by atoms with van der Waals surface area (Å²) in [6.45, 7) is 0.940. The zero-order valence-electron chi connectivity index (χ0n) is 8.74. The largest absolute Gasteiger partial charge is 0.338 e. The number of nitrogens with zero attached hydrogens (tertiary/aromatic N) is 2. The average molecular weight is 218 g/mol. The smallest absolute Gasteiger partial charge is 0.222 e. The van der Waals surface area contributed by atoms with Gasteiger partial charge in [-0.1, -0.05) is 12.1 Å². The van der Waals surface area contributed by atoms with Gasteiger partial charge in [0.25, 0.3) is 0 Å². The zero-order chi connectivity index (χ0) is 11.5. The second-order valence-corrected chi connectivity index (χ2v) is 3.81. The SMILES string of the molecule is N#Cc1cccc(CN2CCCC2=O)c1F. The summed E-state index contributed by atoms with van der Waals surface area (Å²) in [7, 11) is 0. The summed E-state index contributed by atoms with van der Waals surface area (Å²) in [6, 6.07) is 6.48. The minimum Gasteiger partial charge on any atom is -0.338 e. The van der Waals surface area contributed by atoms with Gasteiger partial charge >= 0.3 is 0 Å². The molecular formula is C12H11FN2O. The molecule has 0 saturated carbocycles. The van der Waals surface area contributed by atoms with Crippen LogP contribution in [0.2, 0.25) is 0 Å². The van der Waals surface area contributed by atoms with Crippen LogP contribution >= 0.6 is 0 Å². The van der Waals surface area contributed by atoms with E-state index in [-0.39, 0.29) is 18.0 Å². The monoisotopic (exact) mass is 218 g/mol. The molecule has 0 atom stereocenters. The number of halogens is 1. The van der Waals surface area contributed by atoms with E-state index in [2.05, 4.69) is 0 Å². The van der Waals surface area contributed by atoms with Gasteiger partial charge in [-0.15, -0.1) is 0 Å². The van der Waals surface area contributed by atoms with E-state index in [1.165, 1.54) is 6.07 Å². The highest BCUT2D eigenvalue weighted by molar-refractivity contribution is 5.78. The number of benzene rings is 1. The van der Waals surface area contributed by atoms with E-state index in [9.17, 15) is 9.18 Å². The molecule has 4 heteroatoms. The molecule has 0 N–H and O–H groups in total. The van der Waals surface area contributed by atoms with E-state index in [0.717, 1.165) is 6.42 Å². The van der Waals surface area contributed by atoms with Crippen molar-refractivity contribution in [2.75, 3.05) is 6.54 Å². The van der Waals surface area contributed by atoms with Crippen LogP contribution in [0.4, 0.5) is 4.39 Å². The maximum Gasteiger partial charge on any atom is 0.222 e. The molecule has 1 heterocycles. The first kappa shape index (κ1) is 10.6. The van der Waals surface area contributed by atoms with Crippen LogP contribution in [0.15, 0.2) is 18.2 Å². The Kier molecular flexibility index (Phi) is 2.86. The summed E-state index contributed by atoms with van der Waals surface area (Å²) in [6.07, 6.45) is 1.37. The molecule has 1 saturated heterocycles. The molecular weight excluding hydrogens is 207 g/mol. The summed E-state index contributed by atoms with van der Waals surface area (Å²) in [5.41, 5.74) is 0.443. The van der Waals surface area contributed by atoms with Gasteiger partial charge in [-0.25, -0.2) is 4.39 Å². The van der Waals surface area contributed by atoms with Crippen LogP contribution < -0.4 is 0 Å². The maximum absolute atomic E-state index is 13.7. The van der Waals surface area contributed by atoms with E-state index in [4.69, 9.17) is 5.26 Å². The molecule has 0 aromatic heterocycles. The Morgan fingerprint density at radius 1 is 1.50 bits per heavy atom. The summed E-state index contributed by atoms with van der Waals surface area (Å²) >= 11 is 0. The molecule has 0 unspecified atom stereocenters. The molecule has 0 radical (unpaired) electrons. The molecule has 16 heavy (non-hydrogen) atoms. The van der Waals surface area contributed by atoms with Crippen LogP contribution in [0.25, 0.3) is 0 Å². The van der Waals surface area contributed by atoms with E-state index in [1.807, 2.05) is 0 Å². The number of carbonyl (C=O) groups excluding carboxylic acids is 1. The van der Waals surface area contributed by atoms with Gasteiger partial charge in [0.2, 0.25) is 5.91 Å². The summed E-state index contributed by atoms with van der Waals surface area (Å²) < 4.78 is 13.7. The van der Waals surface area contributed by atoms with Crippen molar-refractivity contribution in [2.45, 2.75) is 19.4 Å². The van der Waals surface area contributed by atoms with Crippen LogP contribution in [-0.2, 0) is 11.3 Å². The van der Waals surface area contributed by atoms with Crippen LogP contribution in [0.5, 0.6) is 0 Å². The fraction of sp³-hybridized carbons (Fsp3) is 0.333. The zero-order valence-corrected chi connectivity index (χ0v) is 8.74. The highest BCUT2D eigenvalue weighted by Gasteiger charge is 2.21. The first-order valence-electron chi connectivity index (χ1n) is 5.17. The van der Waals surface area contributed by atoms with Gasteiger partial charge in [-0.2, -0.15) is 5.26 Å². The Morgan fingerprint density at radius 3 is 2.94 bits per heavy atom. The molecule has 1 aliphatic rings. The van der Waals surface area contributed by atoms with Gasteiger partial charge in [-0.05, 0) is 12.5 Å². The lowest BCUT2D eigenvalue weighted by atomic mass is 10.1. The minimum absolute atomic E-state index is 0.0316. The second kappa shape index (κ2) is 4.31. The Morgan fingerprint density at radius 2 is 2.31 bits per heavy atom. The van der Waals surface area contributed by atoms with Gasteiger partial charge in [0.05, 0.1) is 5.56 Å². The van der Waals surface area contributed by atoms with E-state index < -0.39 is 5.82 Å². The summed E-state index contributed by atoms with van der Waals surface area (Å²) in [5.74, 6) is -0.452. The lowest BCUT2D eigenvalue weighted by Crippen LogP contribution is -2.24. The summed E-state index contributed by atoms with van der Waals surface area (Å²) in [4.78, 5) is 13.0. The molecule has 1 aromatic rings. The minimum atomic E-state index is -0.510. The van der Waals surface area contributed by atoms with Crippen molar-refractivity contribution in [3.63, 3.8) is 0 Å². The van der Waals surface area contributed by atoms with Crippen molar-refractivity contribution in [1.82, 2.24) is 4.90 Å². The number of rotatable bonds is 2. The van der Waals surface area contributed by atoms with Gasteiger partial charge < -0.3 is 4.90 Å². The molecule has 2 rings (SSSR count). The van der Waals surface area contributed by atoms with E-state index in [1.54, 1.807) is 23.1 Å². The first-order chi connectivity index (χ1) is 7.72. The lowest BCUT2D eigenvalue weighted by Gasteiger charge is -2.16. The van der Waals surface area contributed by atoms with Crippen LogP contribution in [0.1, 0.15) is 24.0 Å². The van der Waals surface area contributed by atoms with Crippen LogP contribution in [-0.4, -0.2) is 17.4 Å². The van der Waals surface area contributed by atoms with Crippen molar-refractivity contribution in [3.8, 4) is 6.07 Å². The van der Waals surface area contributed by atoms with Crippen molar-refractivity contribution >= 4 is 5.91 Å². The third-order valence-corrected chi connectivity index (χ3v) is 2.73. The molecule has 1 aromatic carbocycles. The summed E-state index contributed by atoms with van der Waals surface area (Å²) in [5, 5.41) is 8.69. The predicted molar refractivity (Wildman–Crippen MR) is 55.8 cm³/mol.